The predicted octanol–water partition coefficient (Wildman–Crippen LogP) is 3.30. The van der Waals surface area contributed by atoms with Gasteiger partial charge in [0.1, 0.15) is 11.8 Å². The van der Waals surface area contributed by atoms with Crippen LogP contribution in [-0.2, 0) is 4.79 Å². The summed E-state index contributed by atoms with van der Waals surface area (Å²) in [7, 11) is 0. The maximum absolute atomic E-state index is 12.4. The normalized spacial score (nSPS) is 11.5. The predicted molar refractivity (Wildman–Crippen MR) is 107 cm³/mol. The lowest BCUT2D eigenvalue weighted by molar-refractivity contribution is -0.117. The SMILES string of the molecule is CSCC[C@H](NC(N)=O)C(=O)Nc1ccc(Oc2ccc(Cl)nn2)c(Cl)c1. The van der Waals surface area contributed by atoms with Crippen LogP contribution >= 0.6 is 35.0 Å². The van der Waals surface area contributed by atoms with Gasteiger partial charge >= 0.3 is 6.03 Å². The number of nitrogens with one attached hydrogen (secondary N) is 2. The quantitative estimate of drug-likeness (QED) is 0.591. The average molecular weight is 430 g/mol. The minimum atomic E-state index is -0.762. The molecule has 0 aliphatic rings. The third-order valence-corrected chi connectivity index (χ3v) is 4.41. The van der Waals surface area contributed by atoms with Gasteiger partial charge in [-0.2, -0.15) is 11.8 Å². The molecule has 3 amide bonds. The number of carbonyl (C=O) groups is 2. The second kappa shape index (κ2) is 10.2. The van der Waals surface area contributed by atoms with Crippen molar-refractivity contribution in [2.75, 3.05) is 17.3 Å². The van der Waals surface area contributed by atoms with Crippen LogP contribution in [0.4, 0.5) is 10.5 Å². The zero-order chi connectivity index (χ0) is 19.8. The van der Waals surface area contributed by atoms with Crippen LogP contribution in [0.2, 0.25) is 10.2 Å². The van der Waals surface area contributed by atoms with E-state index in [1.807, 2.05) is 6.26 Å². The Morgan fingerprint density at radius 1 is 1.26 bits per heavy atom. The van der Waals surface area contributed by atoms with Crippen molar-refractivity contribution in [3.05, 3.63) is 40.5 Å². The van der Waals surface area contributed by atoms with Gasteiger partial charge in [0, 0.05) is 11.8 Å². The molecule has 0 fully saturated rings. The van der Waals surface area contributed by atoms with Crippen LogP contribution in [-0.4, -0.2) is 40.2 Å². The molecule has 11 heteroatoms. The smallest absolute Gasteiger partial charge is 0.312 e. The highest BCUT2D eigenvalue weighted by molar-refractivity contribution is 7.98. The van der Waals surface area contributed by atoms with Crippen molar-refractivity contribution in [3.63, 3.8) is 0 Å². The molecule has 0 aliphatic carbocycles. The number of amides is 3. The molecule has 0 saturated carbocycles. The fourth-order valence-corrected chi connectivity index (χ4v) is 2.83. The Bertz CT molecular complexity index is 807. The Hall–Kier alpha value is -2.23. The monoisotopic (exact) mass is 429 g/mol. The highest BCUT2D eigenvalue weighted by atomic mass is 35.5. The van der Waals surface area contributed by atoms with Crippen molar-refractivity contribution in [1.29, 1.82) is 0 Å². The summed E-state index contributed by atoms with van der Waals surface area (Å²) in [6.45, 7) is 0. The number of aromatic nitrogens is 2. The third kappa shape index (κ3) is 6.78. The Morgan fingerprint density at radius 3 is 2.63 bits per heavy atom. The standard InChI is InChI=1S/C16H17Cl2N5O3S/c1-27-7-6-11(21-16(19)25)15(24)20-9-2-3-12(10(17)8-9)26-14-5-4-13(18)22-23-14/h2-5,8,11H,6-7H2,1H3,(H,20,24)(H3,19,21,25)/t11-/m0/s1. The second-order valence-electron chi connectivity index (χ2n) is 5.27. The fourth-order valence-electron chi connectivity index (χ4n) is 2.04. The number of benzene rings is 1. The summed E-state index contributed by atoms with van der Waals surface area (Å²) in [6.07, 6.45) is 2.35. The Morgan fingerprint density at radius 2 is 2.04 bits per heavy atom. The Kier molecular flexibility index (Phi) is 7.96. The molecule has 1 aromatic carbocycles. The second-order valence-corrected chi connectivity index (χ2v) is 7.05. The molecule has 1 atom stereocenters. The topological polar surface area (TPSA) is 119 Å². The van der Waals surface area contributed by atoms with Gasteiger partial charge in [-0.1, -0.05) is 23.2 Å². The number of rotatable bonds is 8. The summed E-state index contributed by atoms with van der Waals surface area (Å²) in [5.74, 6) is 0.853. The molecule has 144 valence electrons. The van der Waals surface area contributed by atoms with Crippen molar-refractivity contribution in [2.24, 2.45) is 5.73 Å². The summed E-state index contributed by atoms with van der Waals surface area (Å²) in [5, 5.41) is 13.1. The number of nitrogens with zero attached hydrogens (tertiary/aromatic N) is 2. The molecule has 2 aromatic rings. The van der Waals surface area contributed by atoms with Gasteiger partial charge in [0.2, 0.25) is 11.8 Å². The van der Waals surface area contributed by atoms with E-state index in [0.717, 1.165) is 0 Å². The minimum Gasteiger partial charge on any atom is -0.436 e. The summed E-state index contributed by atoms with van der Waals surface area (Å²) in [4.78, 5) is 23.5. The van der Waals surface area contributed by atoms with Gasteiger partial charge in [-0.3, -0.25) is 4.79 Å². The molecule has 1 heterocycles. The van der Waals surface area contributed by atoms with Crippen molar-refractivity contribution >= 4 is 52.6 Å². The van der Waals surface area contributed by atoms with Crippen LogP contribution in [0, 0.1) is 0 Å². The summed E-state index contributed by atoms with van der Waals surface area (Å²) >= 11 is 13.4. The van der Waals surface area contributed by atoms with Gasteiger partial charge in [-0.05, 0) is 42.7 Å². The van der Waals surface area contributed by atoms with E-state index in [9.17, 15) is 9.59 Å². The Balaban J connectivity index is 2.05. The molecule has 4 N–H and O–H groups in total. The molecule has 27 heavy (non-hydrogen) atoms. The van der Waals surface area contributed by atoms with Crippen molar-refractivity contribution < 1.29 is 14.3 Å². The van der Waals surface area contributed by atoms with Crippen LogP contribution in [0.25, 0.3) is 0 Å². The molecule has 0 bridgehead atoms. The molecule has 1 aromatic heterocycles. The Labute approximate surface area is 170 Å². The van der Waals surface area contributed by atoms with Crippen LogP contribution in [0.15, 0.2) is 30.3 Å². The summed E-state index contributed by atoms with van der Waals surface area (Å²) < 4.78 is 5.52. The minimum absolute atomic E-state index is 0.223. The number of hydrogen-bond acceptors (Lipinski definition) is 6. The van der Waals surface area contributed by atoms with E-state index < -0.39 is 18.0 Å². The zero-order valence-electron chi connectivity index (χ0n) is 14.2. The first kappa shape index (κ1) is 21.1. The van der Waals surface area contributed by atoms with Crippen molar-refractivity contribution in [2.45, 2.75) is 12.5 Å². The van der Waals surface area contributed by atoms with Crippen LogP contribution in [0.1, 0.15) is 6.42 Å². The fraction of sp³-hybridized carbons (Fsp3) is 0.250. The van der Waals surface area contributed by atoms with E-state index in [0.29, 0.717) is 23.6 Å². The summed E-state index contributed by atoms with van der Waals surface area (Å²) in [5.41, 5.74) is 5.57. The molecule has 0 unspecified atom stereocenters. The lowest BCUT2D eigenvalue weighted by Crippen LogP contribution is -2.46. The number of hydrogen-bond donors (Lipinski definition) is 3. The molecule has 0 saturated heterocycles. The number of carbonyl (C=O) groups excluding carboxylic acids is 2. The first-order valence-electron chi connectivity index (χ1n) is 7.71. The molecule has 8 nitrogen and oxygen atoms in total. The molecular weight excluding hydrogens is 413 g/mol. The van der Waals surface area contributed by atoms with Gasteiger partial charge in [-0.25, -0.2) is 4.79 Å². The average Bonchev–Trinajstić information content (AvgIpc) is 2.62. The molecule has 2 rings (SSSR count). The van der Waals surface area contributed by atoms with E-state index in [4.69, 9.17) is 33.7 Å². The lowest BCUT2D eigenvalue weighted by Gasteiger charge is -2.17. The molecule has 0 spiro atoms. The molecule has 0 radical (unpaired) electrons. The highest BCUT2D eigenvalue weighted by Gasteiger charge is 2.20. The van der Waals surface area contributed by atoms with E-state index in [1.54, 1.807) is 30.0 Å². The first-order chi connectivity index (χ1) is 12.9. The highest BCUT2D eigenvalue weighted by Crippen LogP contribution is 2.31. The maximum Gasteiger partial charge on any atom is 0.312 e. The van der Waals surface area contributed by atoms with Crippen LogP contribution < -0.4 is 21.1 Å². The number of anilines is 1. The van der Waals surface area contributed by atoms with Gasteiger partial charge in [0.05, 0.1) is 5.02 Å². The van der Waals surface area contributed by atoms with E-state index in [2.05, 4.69) is 20.8 Å². The van der Waals surface area contributed by atoms with Crippen molar-refractivity contribution in [3.8, 4) is 11.6 Å². The van der Waals surface area contributed by atoms with Crippen molar-refractivity contribution in [1.82, 2.24) is 15.5 Å². The van der Waals surface area contributed by atoms with Crippen LogP contribution in [0.3, 0.4) is 0 Å². The number of thioether (sulfide) groups is 1. The number of ether oxygens (including phenoxy) is 1. The van der Waals surface area contributed by atoms with Gasteiger partial charge in [0.25, 0.3) is 0 Å². The zero-order valence-corrected chi connectivity index (χ0v) is 16.6. The third-order valence-electron chi connectivity index (χ3n) is 3.27. The summed E-state index contributed by atoms with van der Waals surface area (Å²) in [6, 6.07) is 6.29. The molecular formula is C16H17Cl2N5O3S. The number of nitrogens with two attached hydrogens (primary N) is 1. The van der Waals surface area contributed by atoms with E-state index >= 15 is 0 Å². The van der Waals surface area contributed by atoms with Gasteiger partial charge in [-0.15, -0.1) is 10.2 Å². The van der Waals surface area contributed by atoms with Gasteiger partial charge < -0.3 is 21.1 Å². The largest absolute Gasteiger partial charge is 0.436 e. The first-order valence-corrected chi connectivity index (χ1v) is 9.86. The maximum atomic E-state index is 12.4. The number of urea groups is 1. The number of primary amides is 1. The van der Waals surface area contributed by atoms with Gasteiger partial charge in [0.15, 0.2) is 5.15 Å². The van der Waals surface area contributed by atoms with Crippen LogP contribution in [0.5, 0.6) is 11.6 Å². The van der Waals surface area contributed by atoms with E-state index in [1.165, 1.54) is 12.1 Å². The lowest BCUT2D eigenvalue weighted by atomic mass is 10.2. The molecule has 0 aliphatic heterocycles. The van der Waals surface area contributed by atoms with E-state index in [-0.39, 0.29) is 16.1 Å². The number of halogens is 2.